The van der Waals surface area contributed by atoms with Gasteiger partial charge in [0.15, 0.2) is 0 Å². The Balaban J connectivity index is 3.05. The van der Waals surface area contributed by atoms with E-state index in [1.54, 1.807) is 0 Å². The van der Waals surface area contributed by atoms with Crippen LogP contribution in [0.3, 0.4) is 0 Å². The van der Waals surface area contributed by atoms with E-state index in [1.165, 1.54) is 32.2 Å². The summed E-state index contributed by atoms with van der Waals surface area (Å²) in [7, 11) is 4.24. The van der Waals surface area contributed by atoms with Crippen LogP contribution in [0.2, 0.25) is 0 Å². The van der Waals surface area contributed by atoms with Crippen molar-refractivity contribution in [1.82, 2.24) is 4.90 Å². The van der Waals surface area contributed by atoms with Gasteiger partial charge in [-0.3, -0.25) is 0 Å². The van der Waals surface area contributed by atoms with Gasteiger partial charge < -0.3 is 4.90 Å². The minimum Gasteiger partial charge on any atom is -0.309 e. The smallest absolute Gasteiger partial charge is 0.269 e. The Hall–Kier alpha value is -0.550. The van der Waals surface area contributed by atoms with Crippen molar-refractivity contribution in [2.45, 2.75) is 45.1 Å². The largest absolute Gasteiger partial charge is 0.309 e. The molecule has 0 radical (unpaired) electrons. The summed E-state index contributed by atoms with van der Waals surface area (Å²) in [5, 5.41) is 0. The van der Waals surface area contributed by atoms with Gasteiger partial charge in [0.25, 0.3) is 12.6 Å². The highest BCUT2D eigenvalue weighted by Crippen LogP contribution is 2.07. The van der Waals surface area contributed by atoms with Crippen molar-refractivity contribution < 1.29 is 0 Å². The quantitative estimate of drug-likeness (QED) is 0.551. The van der Waals surface area contributed by atoms with E-state index in [4.69, 9.17) is 6.57 Å². The first-order valence-corrected chi connectivity index (χ1v) is 5.21. The Morgan fingerprint density at radius 2 is 1.77 bits per heavy atom. The zero-order valence-corrected chi connectivity index (χ0v) is 9.29. The van der Waals surface area contributed by atoms with E-state index in [2.05, 4.69) is 30.8 Å². The summed E-state index contributed by atoms with van der Waals surface area (Å²) in [6, 6.07) is 0.342. The zero-order valence-electron chi connectivity index (χ0n) is 9.29. The van der Waals surface area contributed by atoms with E-state index >= 15 is 0 Å². The third kappa shape index (κ3) is 9.36. The van der Waals surface area contributed by atoms with Crippen LogP contribution in [0.4, 0.5) is 0 Å². The first-order chi connectivity index (χ1) is 6.16. The Kier molecular flexibility index (Phi) is 7.73. The molecule has 0 fully saturated rings. The second kappa shape index (κ2) is 8.07. The number of rotatable bonds is 7. The van der Waals surface area contributed by atoms with Gasteiger partial charge in [-0.05, 0) is 33.5 Å². The highest BCUT2D eigenvalue weighted by Gasteiger charge is 2.06. The summed E-state index contributed by atoms with van der Waals surface area (Å²) >= 11 is 0. The van der Waals surface area contributed by atoms with Gasteiger partial charge in [-0.1, -0.05) is 17.7 Å². The summed E-state index contributed by atoms with van der Waals surface area (Å²) in [6.45, 7) is 8.45. The minimum absolute atomic E-state index is 0.342. The maximum atomic E-state index is 5.17. The van der Waals surface area contributed by atoms with Crippen LogP contribution in [0.25, 0.3) is 4.85 Å². The lowest BCUT2D eigenvalue weighted by atomic mass is 10.1. The zero-order chi connectivity index (χ0) is 10.1. The molecule has 0 aromatic carbocycles. The maximum Gasteiger partial charge on any atom is 0.269 e. The molecule has 0 saturated carbocycles. The van der Waals surface area contributed by atoms with E-state index in [9.17, 15) is 0 Å². The Morgan fingerprint density at radius 3 is 2.31 bits per heavy atom. The molecule has 13 heavy (non-hydrogen) atoms. The lowest BCUT2D eigenvalue weighted by Gasteiger charge is -2.08. The van der Waals surface area contributed by atoms with Crippen LogP contribution in [0.1, 0.15) is 39.0 Å². The molecule has 1 unspecified atom stereocenters. The molecule has 76 valence electrons. The Labute approximate surface area is 82.8 Å². The number of nitrogens with zero attached hydrogens (tertiary/aromatic N) is 2. The normalized spacial score (nSPS) is 12.8. The topological polar surface area (TPSA) is 7.60 Å². The van der Waals surface area contributed by atoms with Crippen molar-refractivity contribution in [2.24, 2.45) is 0 Å². The third-order valence-electron chi connectivity index (χ3n) is 2.23. The van der Waals surface area contributed by atoms with Crippen LogP contribution in [0, 0.1) is 6.57 Å². The second-order valence-electron chi connectivity index (χ2n) is 4.00. The molecule has 0 heterocycles. The third-order valence-corrected chi connectivity index (χ3v) is 2.23. The molecule has 0 rings (SSSR count). The van der Waals surface area contributed by atoms with E-state index in [-0.39, 0.29) is 0 Å². The van der Waals surface area contributed by atoms with Gasteiger partial charge in [-0.15, -0.1) is 0 Å². The van der Waals surface area contributed by atoms with Gasteiger partial charge in [0.2, 0.25) is 0 Å². The molecule has 0 N–H and O–H groups in total. The Morgan fingerprint density at radius 1 is 1.15 bits per heavy atom. The SMILES string of the molecule is C#[N+]C(C)CCCCCCN(C)C. The fraction of sp³-hybridized carbons (Fsp3) is 0.909. The van der Waals surface area contributed by atoms with E-state index in [0.717, 1.165) is 6.42 Å². The van der Waals surface area contributed by atoms with Crippen molar-refractivity contribution in [2.75, 3.05) is 20.6 Å². The first-order valence-electron chi connectivity index (χ1n) is 5.21. The van der Waals surface area contributed by atoms with E-state index < -0.39 is 0 Å². The molecule has 0 aliphatic heterocycles. The first kappa shape index (κ1) is 12.4. The summed E-state index contributed by atoms with van der Waals surface area (Å²) in [6.07, 6.45) is 6.35. The minimum atomic E-state index is 0.342. The second-order valence-corrected chi connectivity index (χ2v) is 4.00. The molecule has 0 aliphatic carbocycles. The lowest BCUT2D eigenvalue weighted by molar-refractivity contribution is 0.389. The van der Waals surface area contributed by atoms with Crippen LogP contribution in [-0.4, -0.2) is 31.6 Å². The highest BCUT2D eigenvalue weighted by atomic mass is 15.0. The molecule has 0 aliphatic rings. The van der Waals surface area contributed by atoms with Gasteiger partial charge in [-0.25, -0.2) is 0 Å². The van der Waals surface area contributed by atoms with Crippen molar-refractivity contribution in [1.29, 1.82) is 0 Å². The molecule has 0 aromatic heterocycles. The average Bonchev–Trinajstić information content (AvgIpc) is 2.10. The molecule has 2 nitrogen and oxygen atoms in total. The monoisotopic (exact) mass is 183 g/mol. The Bertz CT molecular complexity index is 147. The van der Waals surface area contributed by atoms with Crippen LogP contribution in [0.15, 0.2) is 0 Å². The predicted molar refractivity (Wildman–Crippen MR) is 59.4 cm³/mol. The van der Waals surface area contributed by atoms with Crippen LogP contribution < -0.4 is 0 Å². The molecular weight excluding hydrogens is 160 g/mol. The number of unbranched alkanes of at least 4 members (excludes halogenated alkanes) is 3. The summed E-state index contributed by atoms with van der Waals surface area (Å²) in [5.74, 6) is 0. The van der Waals surface area contributed by atoms with Crippen LogP contribution in [0.5, 0.6) is 0 Å². The predicted octanol–water partition coefficient (Wildman–Crippen LogP) is 2.85. The van der Waals surface area contributed by atoms with Crippen LogP contribution in [-0.2, 0) is 0 Å². The summed E-state index contributed by atoms with van der Waals surface area (Å²) in [5.41, 5.74) is 0. The standard InChI is InChI=1S/C11H23N2/c1-11(12-2)9-7-5-6-8-10-13(3)4/h2,11H,5-10H2,1,3-4H3/q+1. The summed E-state index contributed by atoms with van der Waals surface area (Å²) < 4.78 is 0. The molecule has 0 amide bonds. The van der Waals surface area contributed by atoms with Gasteiger partial charge >= 0.3 is 0 Å². The fourth-order valence-electron chi connectivity index (χ4n) is 1.30. The molecule has 0 spiro atoms. The van der Waals surface area contributed by atoms with Crippen molar-refractivity contribution in [3.63, 3.8) is 0 Å². The molecular formula is C11H23N2+. The molecule has 0 aromatic rings. The van der Waals surface area contributed by atoms with Gasteiger partial charge in [0.05, 0.1) is 0 Å². The van der Waals surface area contributed by atoms with Crippen molar-refractivity contribution in [3.05, 3.63) is 4.85 Å². The van der Waals surface area contributed by atoms with Gasteiger partial charge in [0.1, 0.15) is 0 Å². The van der Waals surface area contributed by atoms with Crippen molar-refractivity contribution in [3.8, 4) is 6.57 Å². The molecule has 0 bridgehead atoms. The number of hydrogen-bond acceptors (Lipinski definition) is 1. The van der Waals surface area contributed by atoms with E-state index in [0.29, 0.717) is 6.04 Å². The molecule has 2 heteroatoms. The van der Waals surface area contributed by atoms with Gasteiger partial charge in [-0.2, -0.15) is 0 Å². The summed E-state index contributed by atoms with van der Waals surface area (Å²) in [4.78, 5) is 5.96. The highest BCUT2D eigenvalue weighted by molar-refractivity contribution is 4.76. The average molecular weight is 183 g/mol. The van der Waals surface area contributed by atoms with Crippen LogP contribution >= 0.6 is 0 Å². The van der Waals surface area contributed by atoms with Gasteiger partial charge in [0, 0.05) is 13.3 Å². The maximum absolute atomic E-state index is 5.17. The fourth-order valence-corrected chi connectivity index (χ4v) is 1.30. The van der Waals surface area contributed by atoms with E-state index in [1.807, 2.05) is 0 Å². The van der Waals surface area contributed by atoms with Crippen molar-refractivity contribution >= 4 is 0 Å². The lowest BCUT2D eigenvalue weighted by Crippen LogP contribution is -2.12. The molecule has 0 saturated heterocycles. The number of hydrogen-bond donors (Lipinski definition) is 0. The molecule has 1 atom stereocenters.